The number of allylic oxidation sites excluding steroid dienone is 1. The molecule has 1 aliphatic rings. The van der Waals surface area contributed by atoms with Gasteiger partial charge in [-0.2, -0.15) is 5.26 Å². The van der Waals surface area contributed by atoms with Gasteiger partial charge in [0.15, 0.2) is 0 Å². The maximum absolute atomic E-state index is 13.5. The van der Waals surface area contributed by atoms with Gasteiger partial charge in [-0.3, -0.25) is 4.90 Å². The van der Waals surface area contributed by atoms with E-state index in [1.807, 2.05) is 55.5 Å². The zero-order chi connectivity index (χ0) is 22.7. The number of hydrogen-bond acceptors (Lipinski definition) is 2. The van der Waals surface area contributed by atoms with E-state index in [4.69, 9.17) is 11.6 Å². The van der Waals surface area contributed by atoms with Gasteiger partial charge in [-0.25, -0.2) is 8.78 Å². The fourth-order valence-corrected chi connectivity index (χ4v) is 4.52. The van der Waals surface area contributed by atoms with Crippen LogP contribution in [0.25, 0.3) is 0 Å². The van der Waals surface area contributed by atoms with Crippen molar-refractivity contribution < 1.29 is 8.78 Å². The molecule has 0 spiro atoms. The molecule has 1 saturated heterocycles. The van der Waals surface area contributed by atoms with Crippen molar-refractivity contribution in [2.45, 2.75) is 19.4 Å². The molecule has 0 amide bonds. The highest BCUT2D eigenvalue weighted by Gasteiger charge is 2.33. The van der Waals surface area contributed by atoms with Crippen LogP contribution < -0.4 is 0 Å². The zero-order valence-corrected chi connectivity index (χ0v) is 18.5. The monoisotopic (exact) mass is 448 g/mol. The van der Waals surface area contributed by atoms with E-state index in [1.165, 1.54) is 12.1 Å². The molecule has 1 atom stereocenters. The van der Waals surface area contributed by atoms with Gasteiger partial charge in [0.2, 0.25) is 0 Å². The first kappa shape index (κ1) is 22.2. The Labute approximate surface area is 192 Å². The van der Waals surface area contributed by atoms with Crippen LogP contribution in [0.2, 0.25) is 5.02 Å². The van der Waals surface area contributed by atoms with Crippen molar-refractivity contribution in [3.8, 4) is 6.07 Å². The second-order valence-corrected chi connectivity index (χ2v) is 8.81. The molecule has 0 aliphatic carbocycles. The number of benzene rings is 3. The normalized spacial score (nSPS) is 15.8. The third kappa shape index (κ3) is 5.24. The molecule has 1 unspecified atom stereocenters. The largest absolute Gasteiger partial charge is 0.291 e. The van der Waals surface area contributed by atoms with Gasteiger partial charge in [-0.1, -0.05) is 47.5 Å². The molecule has 0 radical (unpaired) electrons. The SMILES string of the molecule is CC(=CC1CN(C(c2ccc(Cl)cc2)c2cccc(C#N)c2)C1)Cc1cc(F)cc(F)c1. The molecule has 1 heterocycles. The fourth-order valence-electron chi connectivity index (χ4n) is 4.40. The molecule has 3 aromatic rings. The molecule has 0 N–H and O–H groups in total. The summed E-state index contributed by atoms with van der Waals surface area (Å²) in [5, 5.41) is 10.0. The highest BCUT2D eigenvalue weighted by Crippen LogP contribution is 2.36. The molecule has 3 aromatic carbocycles. The van der Waals surface area contributed by atoms with Crippen molar-refractivity contribution >= 4 is 11.6 Å². The van der Waals surface area contributed by atoms with Crippen molar-refractivity contribution in [1.29, 1.82) is 5.26 Å². The maximum atomic E-state index is 13.5. The number of halogens is 3. The lowest BCUT2D eigenvalue weighted by atomic mass is 9.88. The van der Waals surface area contributed by atoms with Crippen molar-refractivity contribution in [2.75, 3.05) is 13.1 Å². The topological polar surface area (TPSA) is 27.0 Å². The van der Waals surface area contributed by atoms with Crippen LogP contribution in [0, 0.1) is 28.9 Å². The van der Waals surface area contributed by atoms with Crippen LogP contribution in [0.5, 0.6) is 0 Å². The molecule has 4 rings (SSSR count). The van der Waals surface area contributed by atoms with E-state index in [0.717, 1.165) is 35.9 Å². The van der Waals surface area contributed by atoms with Gasteiger partial charge in [-0.05, 0) is 66.4 Å². The number of likely N-dealkylation sites (tertiary alicyclic amines) is 1. The molecule has 0 aromatic heterocycles. The summed E-state index contributed by atoms with van der Waals surface area (Å²) in [6.07, 6.45) is 2.72. The van der Waals surface area contributed by atoms with Crippen LogP contribution in [0.4, 0.5) is 8.78 Å². The lowest BCUT2D eigenvalue weighted by Crippen LogP contribution is -2.48. The van der Waals surface area contributed by atoms with E-state index in [2.05, 4.69) is 17.0 Å². The molecule has 32 heavy (non-hydrogen) atoms. The first-order valence-electron chi connectivity index (χ1n) is 10.5. The summed E-state index contributed by atoms with van der Waals surface area (Å²) in [5.74, 6) is -0.733. The lowest BCUT2D eigenvalue weighted by Gasteiger charge is -2.44. The van der Waals surface area contributed by atoms with Gasteiger partial charge in [-0.15, -0.1) is 0 Å². The zero-order valence-electron chi connectivity index (χ0n) is 17.7. The Balaban J connectivity index is 1.50. The Bertz CT molecular complexity index is 1150. The molecule has 162 valence electrons. The van der Waals surface area contributed by atoms with Crippen LogP contribution >= 0.6 is 11.6 Å². The average Bonchev–Trinajstić information content (AvgIpc) is 2.72. The number of nitriles is 1. The Kier molecular flexibility index (Phi) is 6.69. The smallest absolute Gasteiger partial charge is 0.126 e. The van der Waals surface area contributed by atoms with Gasteiger partial charge in [0.25, 0.3) is 0 Å². The van der Waals surface area contributed by atoms with E-state index in [1.54, 1.807) is 0 Å². The number of rotatable bonds is 6. The lowest BCUT2D eigenvalue weighted by molar-refractivity contribution is 0.0948. The first-order chi connectivity index (χ1) is 15.4. The van der Waals surface area contributed by atoms with Gasteiger partial charge in [0, 0.05) is 30.1 Å². The average molecular weight is 449 g/mol. The Morgan fingerprint density at radius 3 is 2.41 bits per heavy atom. The molecule has 1 aliphatic heterocycles. The van der Waals surface area contributed by atoms with E-state index in [0.29, 0.717) is 28.5 Å². The van der Waals surface area contributed by atoms with E-state index in [9.17, 15) is 14.0 Å². The van der Waals surface area contributed by atoms with Crippen LogP contribution in [0.1, 0.15) is 35.2 Å². The standard InChI is InChI=1S/C27H23ClF2N2/c1-18(9-20-12-25(29)14-26(30)13-20)10-21-16-32(17-21)27(22-5-7-24(28)8-6-22)23-4-2-3-19(11-23)15-31/h2-8,10-14,21,27H,9,16-17H2,1H3. The quantitative estimate of drug-likeness (QED) is 0.392. The molecular weight excluding hydrogens is 426 g/mol. The summed E-state index contributed by atoms with van der Waals surface area (Å²) >= 11 is 6.09. The van der Waals surface area contributed by atoms with Gasteiger partial charge in [0.05, 0.1) is 17.7 Å². The van der Waals surface area contributed by atoms with Crippen molar-refractivity contribution in [3.63, 3.8) is 0 Å². The maximum Gasteiger partial charge on any atom is 0.126 e. The third-order valence-corrected chi connectivity index (χ3v) is 6.00. The second kappa shape index (κ2) is 9.65. The van der Waals surface area contributed by atoms with Crippen LogP contribution in [0.15, 0.2) is 78.4 Å². The van der Waals surface area contributed by atoms with Crippen LogP contribution in [-0.4, -0.2) is 18.0 Å². The van der Waals surface area contributed by atoms with Gasteiger partial charge >= 0.3 is 0 Å². The molecular formula is C27H23ClF2N2. The summed E-state index contributed by atoms with van der Waals surface area (Å²) in [7, 11) is 0. The van der Waals surface area contributed by atoms with Gasteiger partial charge < -0.3 is 0 Å². The fraction of sp³-hybridized carbons (Fsp3) is 0.222. The minimum atomic E-state index is -0.548. The second-order valence-electron chi connectivity index (χ2n) is 8.37. The van der Waals surface area contributed by atoms with Gasteiger partial charge in [0.1, 0.15) is 11.6 Å². The summed E-state index contributed by atoms with van der Waals surface area (Å²) in [5.41, 5.74) is 4.56. The van der Waals surface area contributed by atoms with Crippen molar-refractivity contribution in [2.24, 2.45) is 5.92 Å². The Hall–Kier alpha value is -3.00. The molecule has 1 fully saturated rings. The summed E-state index contributed by atoms with van der Waals surface area (Å²) in [4.78, 5) is 2.37. The molecule has 2 nitrogen and oxygen atoms in total. The summed E-state index contributed by atoms with van der Waals surface area (Å²) < 4.78 is 26.9. The first-order valence-corrected chi connectivity index (χ1v) is 10.9. The van der Waals surface area contributed by atoms with Crippen LogP contribution in [0.3, 0.4) is 0 Å². The van der Waals surface area contributed by atoms with Crippen molar-refractivity contribution in [1.82, 2.24) is 4.90 Å². The number of hydrogen-bond donors (Lipinski definition) is 0. The minimum absolute atomic E-state index is 0.0304. The predicted octanol–water partition coefficient (Wildman–Crippen LogP) is 6.70. The minimum Gasteiger partial charge on any atom is -0.291 e. The van der Waals surface area contributed by atoms with E-state index >= 15 is 0 Å². The third-order valence-electron chi connectivity index (χ3n) is 5.75. The summed E-state index contributed by atoms with van der Waals surface area (Å²) in [6.45, 7) is 3.72. The van der Waals surface area contributed by atoms with E-state index < -0.39 is 11.6 Å². The van der Waals surface area contributed by atoms with Crippen LogP contribution in [-0.2, 0) is 6.42 Å². The molecule has 0 bridgehead atoms. The van der Waals surface area contributed by atoms with Crippen molar-refractivity contribution in [3.05, 3.63) is 117 Å². The highest BCUT2D eigenvalue weighted by atomic mass is 35.5. The Morgan fingerprint density at radius 1 is 1.06 bits per heavy atom. The molecule has 5 heteroatoms. The molecule has 0 saturated carbocycles. The van der Waals surface area contributed by atoms with E-state index in [-0.39, 0.29) is 6.04 Å². The Morgan fingerprint density at radius 2 is 1.75 bits per heavy atom. The highest BCUT2D eigenvalue weighted by molar-refractivity contribution is 6.30. The number of nitrogens with zero attached hydrogens (tertiary/aromatic N) is 2. The predicted molar refractivity (Wildman–Crippen MR) is 123 cm³/mol. The summed E-state index contributed by atoms with van der Waals surface area (Å²) in [6, 6.07) is 21.4.